The monoisotopic (exact) mass is 205 g/mol. The number of amides is 1. The van der Waals surface area contributed by atoms with Gasteiger partial charge in [0, 0.05) is 26.3 Å². The van der Waals surface area contributed by atoms with Gasteiger partial charge in [0.05, 0.1) is 5.92 Å². The summed E-state index contributed by atoms with van der Waals surface area (Å²) in [7, 11) is 1.69. The highest BCUT2D eigenvalue weighted by molar-refractivity contribution is 5.79. The van der Waals surface area contributed by atoms with Gasteiger partial charge in [-0.2, -0.15) is 0 Å². The number of nitrogens with zero attached hydrogens (tertiary/aromatic N) is 2. The molecule has 0 spiro atoms. The molecule has 0 aromatic carbocycles. The molecule has 1 amide bonds. The standard InChI is InChI=1S/C11H15N3O/c1-12-11(15)9-5-7-14(8-9)10-4-2-3-6-13-10/h2-4,6,9H,5,7-8H2,1H3,(H,12,15). The highest BCUT2D eigenvalue weighted by Crippen LogP contribution is 2.21. The van der Waals surface area contributed by atoms with E-state index in [1.165, 1.54) is 0 Å². The van der Waals surface area contributed by atoms with E-state index in [2.05, 4.69) is 15.2 Å². The Morgan fingerprint density at radius 2 is 2.47 bits per heavy atom. The molecule has 15 heavy (non-hydrogen) atoms. The molecule has 0 bridgehead atoms. The summed E-state index contributed by atoms with van der Waals surface area (Å²) in [6.07, 6.45) is 2.69. The average Bonchev–Trinajstić information content (AvgIpc) is 2.78. The van der Waals surface area contributed by atoms with Crippen molar-refractivity contribution >= 4 is 11.7 Å². The Kier molecular flexibility index (Phi) is 2.85. The quantitative estimate of drug-likeness (QED) is 0.771. The second kappa shape index (κ2) is 4.29. The fourth-order valence-electron chi connectivity index (χ4n) is 1.93. The van der Waals surface area contributed by atoms with Gasteiger partial charge in [0.15, 0.2) is 0 Å². The van der Waals surface area contributed by atoms with Gasteiger partial charge in [-0.25, -0.2) is 4.98 Å². The summed E-state index contributed by atoms with van der Waals surface area (Å²) in [4.78, 5) is 17.9. The van der Waals surface area contributed by atoms with E-state index in [4.69, 9.17) is 0 Å². The van der Waals surface area contributed by atoms with Crippen molar-refractivity contribution < 1.29 is 4.79 Å². The zero-order valence-electron chi connectivity index (χ0n) is 8.81. The molecule has 0 radical (unpaired) electrons. The molecule has 0 saturated carbocycles. The molecule has 4 nitrogen and oxygen atoms in total. The van der Waals surface area contributed by atoms with Crippen molar-refractivity contribution in [3.05, 3.63) is 24.4 Å². The van der Waals surface area contributed by atoms with E-state index in [1.54, 1.807) is 13.2 Å². The van der Waals surface area contributed by atoms with E-state index in [1.807, 2.05) is 18.2 Å². The predicted molar refractivity (Wildman–Crippen MR) is 58.6 cm³/mol. The molecule has 4 heteroatoms. The van der Waals surface area contributed by atoms with Crippen LogP contribution < -0.4 is 10.2 Å². The van der Waals surface area contributed by atoms with Crippen LogP contribution in [0.5, 0.6) is 0 Å². The third-order valence-electron chi connectivity index (χ3n) is 2.78. The molecule has 1 aliphatic heterocycles. The molecule has 1 aromatic heterocycles. The van der Waals surface area contributed by atoms with Gasteiger partial charge in [-0.3, -0.25) is 4.79 Å². The lowest BCUT2D eigenvalue weighted by Gasteiger charge is -2.16. The second-order valence-corrected chi connectivity index (χ2v) is 3.73. The van der Waals surface area contributed by atoms with E-state index in [0.717, 1.165) is 25.3 Å². The Morgan fingerprint density at radius 3 is 3.13 bits per heavy atom. The molecule has 80 valence electrons. The van der Waals surface area contributed by atoms with Crippen molar-refractivity contribution in [3.8, 4) is 0 Å². The SMILES string of the molecule is CNC(=O)C1CCN(c2ccccn2)C1. The zero-order chi connectivity index (χ0) is 10.7. The van der Waals surface area contributed by atoms with Crippen LogP contribution in [-0.2, 0) is 4.79 Å². The minimum absolute atomic E-state index is 0.108. The highest BCUT2D eigenvalue weighted by atomic mass is 16.1. The van der Waals surface area contributed by atoms with Crippen LogP contribution in [0.2, 0.25) is 0 Å². The van der Waals surface area contributed by atoms with Gasteiger partial charge in [0.1, 0.15) is 5.82 Å². The molecule has 1 N–H and O–H groups in total. The molecule has 1 unspecified atom stereocenters. The average molecular weight is 205 g/mol. The minimum Gasteiger partial charge on any atom is -0.359 e. The first kappa shape index (κ1) is 9.96. The molecule has 0 aliphatic carbocycles. The van der Waals surface area contributed by atoms with Crippen molar-refractivity contribution in [1.82, 2.24) is 10.3 Å². The van der Waals surface area contributed by atoms with Crippen molar-refractivity contribution in [2.75, 3.05) is 25.0 Å². The summed E-state index contributed by atoms with van der Waals surface area (Å²) in [5.41, 5.74) is 0. The first-order chi connectivity index (χ1) is 7.31. The van der Waals surface area contributed by atoms with Gasteiger partial charge in [0.2, 0.25) is 5.91 Å². The Bertz CT molecular complexity index is 339. The van der Waals surface area contributed by atoms with Crippen LogP contribution in [0.1, 0.15) is 6.42 Å². The van der Waals surface area contributed by atoms with Crippen molar-refractivity contribution in [3.63, 3.8) is 0 Å². The van der Waals surface area contributed by atoms with Crippen molar-refractivity contribution in [2.45, 2.75) is 6.42 Å². The van der Waals surface area contributed by atoms with Crippen LogP contribution >= 0.6 is 0 Å². The zero-order valence-corrected chi connectivity index (χ0v) is 8.81. The lowest BCUT2D eigenvalue weighted by molar-refractivity contribution is -0.123. The van der Waals surface area contributed by atoms with Gasteiger partial charge in [-0.05, 0) is 18.6 Å². The largest absolute Gasteiger partial charge is 0.359 e. The molecular weight excluding hydrogens is 190 g/mol. The van der Waals surface area contributed by atoms with Crippen molar-refractivity contribution in [1.29, 1.82) is 0 Å². The Labute approximate surface area is 89.3 Å². The molecule has 2 heterocycles. The topological polar surface area (TPSA) is 45.2 Å². The fraction of sp³-hybridized carbons (Fsp3) is 0.455. The Hall–Kier alpha value is -1.58. The van der Waals surface area contributed by atoms with Crippen LogP contribution in [0.4, 0.5) is 5.82 Å². The van der Waals surface area contributed by atoms with Gasteiger partial charge in [-0.15, -0.1) is 0 Å². The highest BCUT2D eigenvalue weighted by Gasteiger charge is 2.27. The fourth-order valence-corrected chi connectivity index (χ4v) is 1.93. The lowest BCUT2D eigenvalue weighted by atomic mass is 10.1. The van der Waals surface area contributed by atoms with Crippen LogP contribution in [0.15, 0.2) is 24.4 Å². The number of hydrogen-bond acceptors (Lipinski definition) is 3. The summed E-state index contributed by atoms with van der Waals surface area (Å²) < 4.78 is 0. The summed E-state index contributed by atoms with van der Waals surface area (Å²) in [6.45, 7) is 1.69. The number of aromatic nitrogens is 1. The molecule has 1 aliphatic rings. The maximum atomic E-state index is 11.4. The molecule has 1 saturated heterocycles. The van der Waals surface area contributed by atoms with E-state index in [-0.39, 0.29) is 11.8 Å². The van der Waals surface area contributed by atoms with Gasteiger partial charge in [-0.1, -0.05) is 6.07 Å². The minimum atomic E-state index is 0.108. The van der Waals surface area contributed by atoms with E-state index >= 15 is 0 Å². The van der Waals surface area contributed by atoms with Crippen LogP contribution in [0.3, 0.4) is 0 Å². The van der Waals surface area contributed by atoms with Gasteiger partial charge in [0.25, 0.3) is 0 Å². The Balaban J connectivity index is 2.02. The number of anilines is 1. The summed E-state index contributed by atoms with van der Waals surface area (Å²) in [5.74, 6) is 1.20. The van der Waals surface area contributed by atoms with E-state index in [0.29, 0.717) is 0 Å². The Morgan fingerprint density at radius 1 is 1.60 bits per heavy atom. The third-order valence-corrected chi connectivity index (χ3v) is 2.78. The van der Waals surface area contributed by atoms with Crippen molar-refractivity contribution in [2.24, 2.45) is 5.92 Å². The predicted octanol–water partition coefficient (Wildman–Crippen LogP) is 0.654. The maximum Gasteiger partial charge on any atom is 0.224 e. The number of nitrogens with one attached hydrogen (secondary N) is 1. The van der Waals surface area contributed by atoms with E-state index < -0.39 is 0 Å². The molecular formula is C11H15N3O. The number of rotatable bonds is 2. The lowest BCUT2D eigenvalue weighted by Crippen LogP contribution is -2.30. The van der Waals surface area contributed by atoms with Crippen LogP contribution in [0.25, 0.3) is 0 Å². The molecule has 1 aromatic rings. The molecule has 2 rings (SSSR count). The number of pyridine rings is 1. The summed E-state index contributed by atoms with van der Waals surface area (Å²) >= 11 is 0. The van der Waals surface area contributed by atoms with Crippen LogP contribution in [0, 0.1) is 5.92 Å². The molecule has 1 atom stereocenters. The number of carbonyl (C=O) groups is 1. The third kappa shape index (κ3) is 2.09. The number of carbonyl (C=O) groups excluding carboxylic acids is 1. The summed E-state index contributed by atoms with van der Waals surface area (Å²) in [6, 6.07) is 5.84. The van der Waals surface area contributed by atoms with E-state index in [9.17, 15) is 4.79 Å². The number of hydrogen-bond donors (Lipinski definition) is 1. The second-order valence-electron chi connectivity index (χ2n) is 3.73. The smallest absolute Gasteiger partial charge is 0.224 e. The first-order valence-electron chi connectivity index (χ1n) is 5.19. The summed E-state index contributed by atoms with van der Waals surface area (Å²) in [5, 5.41) is 2.69. The van der Waals surface area contributed by atoms with Gasteiger partial charge >= 0.3 is 0 Å². The maximum absolute atomic E-state index is 11.4. The van der Waals surface area contributed by atoms with Gasteiger partial charge < -0.3 is 10.2 Å². The first-order valence-corrected chi connectivity index (χ1v) is 5.19. The molecule has 1 fully saturated rings. The normalized spacial score (nSPS) is 20.3. The van der Waals surface area contributed by atoms with Crippen LogP contribution in [-0.4, -0.2) is 31.0 Å².